The van der Waals surface area contributed by atoms with E-state index in [1.807, 2.05) is 0 Å². The predicted molar refractivity (Wildman–Crippen MR) is 73.8 cm³/mol. The highest BCUT2D eigenvalue weighted by Gasteiger charge is 2.33. The van der Waals surface area contributed by atoms with Gasteiger partial charge in [0.2, 0.25) is 5.95 Å². The van der Waals surface area contributed by atoms with Crippen LogP contribution in [0.5, 0.6) is 0 Å². The van der Waals surface area contributed by atoms with Gasteiger partial charge in [-0.3, -0.25) is 15.8 Å². The molecule has 0 aliphatic heterocycles. The second kappa shape index (κ2) is 5.87. The Morgan fingerprint density at radius 1 is 1.19 bits per heavy atom. The van der Waals surface area contributed by atoms with Gasteiger partial charge in [0.1, 0.15) is 0 Å². The Hall–Kier alpha value is -2.49. The number of pyridine rings is 1. The van der Waals surface area contributed by atoms with Crippen LogP contribution >= 0.6 is 12.2 Å². The number of hydrogen-bond donors (Lipinski definition) is 3. The number of nitrogens with zero attached hydrogens (tertiary/aromatic N) is 3. The van der Waals surface area contributed by atoms with E-state index >= 15 is 0 Å². The van der Waals surface area contributed by atoms with E-state index in [4.69, 9.17) is 5.73 Å². The average molecular weight is 314 g/mol. The van der Waals surface area contributed by atoms with Crippen molar-refractivity contribution in [3.05, 3.63) is 36.3 Å². The number of nitrogens with one attached hydrogen (secondary N) is 2. The van der Waals surface area contributed by atoms with E-state index in [0.717, 1.165) is 6.07 Å². The molecule has 0 saturated heterocycles. The zero-order valence-corrected chi connectivity index (χ0v) is 11.2. The second-order valence-electron chi connectivity index (χ2n) is 3.81. The number of nitrogens with two attached hydrogens (primary N) is 1. The SMILES string of the molecule is NC(=S)NNc1nc(-c2ccncc2)cc(C(F)(F)F)n1. The van der Waals surface area contributed by atoms with Crippen molar-refractivity contribution in [1.29, 1.82) is 0 Å². The number of thiocarbonyl (C=S) groups is 1. The lowest BCUT2D eigenvalue weighted by Gasteiger charge is -2.12. The Morgan fingerprint density at radius 2 is 1.86 bits per heavy atom. The third-order valence-corrected chi connectivity index (χ3v) is 2.39. The summed E-state index contributed by atoms with van der Waals surface area (Å²) in [4.78, 5) is 11.1. The van der Waals surface area contributed by atoms with E-state index < -0.39 is 11.9 Å². The van der Waals surface area contributed by atoms with E-state index in [1.165, 1.54) is 24.5 Å². The molecule has 0 spiro atoms. The molecule has 0 unspecified atom stereocenters. The standard InChI is InChI=1S/C11H9F3N6S/c12-11(13,14)8-5-7(6-1-3-16-4-2-6)17-10(18-8)20-19-9(15)21/h1-5H,(H3,15,19,21)(H,17,18,20). The van der Waals surface area contributed by atoms with Crippen molar-refractivity contribution in [3.8, 4) is 11.3 Å². The van der Waals surface area contributed by atoms with Crippen LogP contribution in [0.2, 0.25) is 0 Å². The van der Waals surface area contributed by atoms with E-state index in [-0.39, 0.29) is 16.8 Å². The lowest BCUT2D eigenvalue weighted by Crippen LogP contribution is -2.35. The van der Waals surface area contributed by atoms with Gasteiger partial charge in [0.05, 0.1) is 5.69 Å². The van der Waals surface area contributed by atoms with Crippen LogP contribution in [0.3, 0.4) is 0 Å². The van der Waals surface area contributed by atoms with Crippen LogP contribution in [-0.4, -0.2) is 20.1 Å². The maximum absolute atomic E-state index is 12.9. The number of hydrogen-bond acceptors (Lipinski definition) is 5. The lowest BCUT2D eigenvalue weighted by atomic mass is 10.2. The number of halogens is 3. The van der Waals surface area contributed by atoms with Crippen LogP contribution in [0.15, 0.2) is 30.6 Å². The Labute approximate surface area is 122 Å². The molecule has 0 atom stereocenters. The molecular weight excluding hydrogens is 305 g/mol. The van der Waals surface area contributed by atoms with Crippen LogP contribution in [0.1, 0.15) is 5.69 Å². The van der Waals surface area contributed by atoms with Gasteiger partial charge in [0.25, 0.3) is 0 Å². The third-order valence-electron chi connectivity index (χ3n) is 2.29. The molecule has 6 nitrogen and oxygen atoms in total. The van der Waals surface area contributed by atoms with Crippen LogP contribution in [0.25, 0.3) is 11.3 Å². The van der Waals surface area contributed by atoms with Crippen LogP contribution < -0.4 is 16.6 Å². The molecule has 0 aromatic carbocycles. The molecule has 2 heterocycles. The summed E-state index contributed by atoms with van der Waals surface area (Å²) in [5, 5.41) is -0.151. The first-order valence-electron chi connectivity index (χ1n) is 5.54. The fourth-order valence-corrected chi connectivity index (χ4v) is 1.49. The summed E-state index contributed by atoms with van der Waals surface area (Å²) in [6, 6.07) is 3.92. The van der Waals surface area contributed by atoms with Crippen LogP contribution in [0.4, 0.5) is 19.1 Å². The first-order chi connectivity index (χ1) is 9.86. The van der Waals surface area contributed by atoms with Gasteiger partial charge in [0.15, 0.2) is 10.8 Å². The molecule has 0 bridgehead atoms. The van der Waals surface area contributed by atoms with Crippen molar-refractivity contribution in [1.82, 2.24) is 20.4 Å². The number of anilines is 1. The first-order valence-corrected chi connectivity index (χ1v) is 5.95. The normalized spacial score (nSPS) is 11.0. The summed E-state index contributed by atoms with van der Waals surface area (Å²) >= 11 is 4.55. The van der Waals surface area contributed by atoms with Gasteiger partial charge in [-0.05, 0) is 30.4 Å². The fourth-order valence-electron chi connectivity index (χ4n) is 1.44. The van der Waals surface area contributed by atoms with Crippen LogP contribution in [0, 0.1) is 0 Å². The molecule has 0 saturated carbocycles. The lowest BCUT2D eigenvalue weighted by molar-refractivity contribution is -0.141. The van der Waals surface area contributed by atoms with Gasteiger partial charge in [-0.1, -0.05) is 0 Å². The van der Waals surface area contributed by atoms with Crippen molar-refractivity contribution in [3.63, 3.8) is 0 Å². The zero-order valence-electron chi connectivity index (χ0n) is 10.3. The summed E-state index contributed by atoms with van der Waals surface area (Å²) < 4.78 is 38.6. The summed E-state index contributed by atoms with van der Waals surface area (Å²) in [7, 11) is 0. The van der Waals surface area contributed by atoms with Gasteiger partial charge in [-0.2, -0.15) is 13.2 Å². The van der Waals surface area contributed by atoms with Gasteiger partial charge in [-0.15, -0.1) is 0 Å². The Balaban J connectivity index is 2.45. The quantitative estimate of drug-likeness (QED) is 0.587. The molecule has 2 aromatic heterocycles. The summed E-state index contributed by atoms with van der Waals surface area (Å²) in [5.74, 6) is -0.301. The zero-order chi connectivity index (χ0) is 15.5. The minimum Gasteiger partial charge on any atom is -0.375 e. The van der Waals surface area contributed by atoms with E-state index in [9.17, 15) is 13.2 Å². The molecule has 0 fully saturated rings. The molecule has 21 heavy (non-hydrogen) atoms. The highest BCUT2D eigenvalue weighted by atomic mass is 32.1. The van der Waals surface area contributed by atoms with Crippen molar-refractivity contribution in [2.45, 2.75) is 6.18 Å². The predicted octanol–water partition coefficient (Wildman–Crippen LogP) is 1.72. The molecule has 10 heteroatoms. The topological polar surface area (TPSA) is 88.8 Å². The second-order valence-corrected chi connectivity index (χ2v) is 4.25. The third kappa shape index (κ3) is 3.99. The number of alkyl halides is 3. The maximum Gasteiger partial charge on any atom is 0.433 e. The minimum absolute atomic E-state index is 0.0898. The molecule has 0 aliphatic carbocycles. The first kappa shape index (κ1) is 14.9. The summed E-state index contributed by atoms with van der Waals surface area (Å²) in [6.45, 7) is 0. The highest BCUT2D eigenvalue weighted by molar-refractivity contribution is 7.80. The molecule has 0 amide bonds. The Kier molecular flexibility index (Phi) is 4.17. The summed E-state index contributed by atoms with van der Waals surface area (Å²) in [6.07, 6.45) is -1.71. The number of aromatic nitrogens is 3. The summed E-state index contributed by atoms with van der Waals surface area (Å²) in [5.41, 5.74) is 9.24. The minimum atomic E-state index is -4.61. The molecule has 4 N–H and O–H groups in total. The van der Waals surface area contributed by atoms with Crippen molar-refractivity contribution >= 4 is 23.3 Å². The largest absolute Gasteiger partial charge is 0.433 e. The molecule has 2 aromatic rings. The van der Waals surface area contributed by atoms with Gasteiger partial charge >= 0.3 is 6.18 Å². The van der Waals surface area contributed by atoms with E-state index in [0.29, 0.717) is 5.56 Å². The van der Waals surface area contributed by atoms with E-state index in [1.54, 1.807) is 0 Å². The van der Waals surface area contributed by atoms with E-state index in [2.05, 4.69) is 38.0 Å². The molecule has 110 valence electrons. The van der Waals surface area contributed by atoms with Crippen molar-refractivity contribution in [2.24, 2.45) is 5.73 Å². The average Bonchev–Trinajstić information content (AvgIpc) is 2.45. The smallest absolute Gasteiger partial charge is 0.375 e. The molecule has 0 radical (unpaired) electrons. The molecular formula is C11H9F3N6S. The van der Waals surface area contributed by atoms with Crippen molar-refractivity contribution < 1.29 is 13.2 Å². The van der Waals surface area contributed by atoms with Crippen LogP contribution in [-0.2, 0) is 6.18 Å². The van der Waals surface area contributed by atoms with Gasteiger partial charge < -0.3 is 5.73 Å². The Morgan fingerprint density at radius 3 is 2.43 bits per heavy atom. The monoisotopic (exact) mass is 314 g/mol. The highest BCUT2D eigenvalue weighted by Crippen LogP contribution is 2.30. The molecule has 0 aliphatic rings. The van der Waals surface area contributed by atoms with Crippen molar-refractivity contribution in [2.75, 3.05) is 5.43 Å². The number of rotatable bonds is 3. The maximum atomic E-state index is 12.9. The molecule has 2 rings (SSSR count). The Bertz CT molecular complexity index is 646. The fraction of sp³-hybridized carbons (Fsp3) is 0.0909. The van der Waals surface area contributed by atoms with Gasteiger partial charge in [-0.25, -0.2) is 9.97 Å². The number of hydrazine groups is 1. The van der Waals surface area contributed by atoms with Gasteiger partial charge in [0, 0.05) is 18.0 Å².